The quantitative estimate of drug-likeness (QED) is 0.492. The molecule has 3 nitrogen and oxygen atoms in total. The normalized spacial score (nSPS) is 10.1. The van der Waals surface area contributed by atoms with Gasteiger partial charge in [0.1, 0.15) is 0 Å². The largest absolute Gasteiger partial charge is 0.550 e. The summed E-state index contributed by atoms with van der Waals surface area (Å²) in [5.41, 5.74) is 0. The van der Waals surface area contributed by atoms with Gasteiger partial charge in [0.25, 0.3) is 0 Å². The van der Waals surface area contributed by atoms with Crippen molar-refractivity contribution in [3.63, 3.8) is 0 Å². The SMILES string of the molecule is CCCCC[NH2+]CCCC(=O)[O-]. The van der Waals surface area contributed by atoms with Gasteiger partial charge in [-0.1, -0.05) is 13.3 Å². The summed E-state index contributed by atoms with van der Waals surface area (Å²) in [6, 6.07) is 0. The van der Waals surface area contributed by atoms with Crippen LogP contribution < -0.4 is 10.4 Å². The number of rotatable bonds is 8. The maximum atomic E-state index is 10.0. The van der Waals surface area contributed by atoms with Crippen molar-refractivity contribution >= 4 is 5.97 Å². The summed E-state index contributed by atoms with van der Waals surface area (Å²) < 4.78 is 0. The third-order valence-electron chi connectivity index (χ3n) is 1.80. The summed E-state index contributed by atoms with van der Waals surface area (Å²) in [4.78, 5) is 10.0. The highest BCUT2D eigenvalue weighted by Crippen LogP contribution is 1.88. The number of nitrogens with two attached hydrogens (primary N) is 1. The molecule has 0 aliphatic heterocycles. The van der Waals surface area contributed by atoms with Crippen LogP contribution in [-0.4, -0.2) is 19.1 Å². The van der Waals surface area contributed by atoms with Crippen LogP contribution in [0.15, 0.2) is 0 Å². The highest BCUT2D eigenvalue weighted by atomic mass is 16.4. The molecular weight excluding hydrogens is 154 g/mol. The van der Waals surface area contributed by atoms with Gasteiger partial charge in [-0.3, -0.25) is 0 Å². The van der Waals surface area contributed by atoms with Gasteiger partial charge >= 0.3 is 0 Å². The molecule has 0 amide bonds. The molecule has 0 aromatic heterocycles. The van der Waals surface area contributed by atoms with E-state index in [2.05, 4.69) is 12.2 Å². The predicted octanol–water partition coefficient (Wildman–Crippen LogP) is -0.730. The first-order valence-corrected chi connectivity index (χ1v) is 4.79. The molecule has 0 atom stereocenters. The van der Waals surface area contributed by atoms with Crippen LogP contribution >= 0.6 is 0 Å². The molecule has 0 aliphatic carbocycles. The summed E-state index contributed by atoms with van der Waals surface area (Å²) in [7, 11) is 0. The Balaban J connectivity index is 2.86. The van der Waals surface area contributed by atoms with Gasteiger partial charge < -0.3 is 15.2 Å². The standard InChI is InChI=1S/C9H19NO2/c1-2-3-4-7-10-8-5-6-9(11)12/h10H,2-8H2,1H3,(H,11,12). The Labute approximate surface area is 74.2 Å². The Morgan fingerprint density at radius 1 is 1.25 bits per heavy atom. The van der Waals surface area contributed by atoms with Crippen molar-refractivity contribution in [2.45, 2.75) is 39.0 Å². The Morgan fingerprint density at radius 2 is 1.92 bits per heavy atom. The molecule has 0 aliphatic rings. The Kier molecular flexibility index (Phi) is 8.12. The average molecular weight is 173 g/mol. The molecule has 0 rings (SSSR count). The van der Waals surface area contributed by atoms with Gasteiger partial charge in [-0.15, -0.1) is 0 Å². The molecule has 0 heterocycles. The van der Waals surface area contributed by atoms with Crippen molar-refractivity contribution in [1.29, 1.82) is 0 Å². The first-order chi connectivity index (χ1) is 5.77. The Morgan fingerprint density at radius 3 is 2.50 bits per heavy atom. The van der Waals surface area contributed by atoms with E-state index in [-0.39, 0.29) is 6.42 Å². The highest BCUT2D eigenvalue weighted by molar-refractivity contribution is 5.64. The first-order valence-electron chi connectivity index (χ1n) is 4.79. The lowest BCUT2D eigenvalue weighted by Gasteiger charge is -2.01. The van der Waals surface area contributed by atoms with Gasteiger partial charge in [0.15, 0.2) is 0 Å². The minimum absolute atomic E-state index is 0.199. The molecule has 0 aromatic rings. The predicted molar refractivity (Wildman–Crippen MR) is 45.4 cm³/mol. The van der Waals surface area contributed by atoms with Crippen molar-refractivity contribution in [3.8, 4) is 0 Å². The summed E-state index contributed by atoms with van der Waals surface area (Å²) in [6.45, 7) is 4.22. The van der Waals surface area contributed by atoms with E-state index in [0.29, 0.717) is 0 Å². The summed E-state index contributed by atoms with van der Waals surface area (Å²) >= 11 is 0. The highest BCUT2D eigenvalue weighted by Gasteiger charge is 1.91. The average Bonchev–Trinajstić information content (AvgIpc) is 2.02. The fourth-order valence-corrected chi connectivity index (χ4v) is 1.07. The molecule has 0 unspecified atom stereocenters. The molecule has 0 saturated heterocycles. The van der Waals surface area contributed by atoms with Gasteiger partial charge in [-0.05, 0) is 19.3 Å². The molecule has 12 heavy (non-hydrogen) atoms. The molecule has 72 valence electrons. The molecule has 0 fully saturated rings. The van der Waals surface area contributed by atoms with Crippen molar-refractivity contribution in [3.05, 3.63) is 0 Å². The topological polar surface area (TPSA) is 56.7 Å². The molecule has 0 spiro atoms. The van der Waals surface area contributed by atoms with Crippen LogP contribution in [0.1, 0.15) is 39.0 Å². The number of aliphatic carboxylic acids is 1. The number of unbranched alkanes of at least 4 members (excludes halogenated alkanes) is 2. The van der Waals surface area contributed by atoms with Crippen LogP contribution in [0, 0.1) is 0 Å². The number of hydrogen-bond acceptors (Lipinski definition) is 2. The van der Waals surface area contributed by atoms with Crippen molar-refractivity contribution in [2.75, 3.05) is 13.1 Å². The fraction of sp³-hybridized carbons (Fsp3) is 0.889. The number of hydrogen-bond donors (Lipinski definition) is 1. The zero-order valence-electron chi connectivity index (χ0n) is 7.84. The van der Waals surface area contributed by atoms with E-state index < -0.39 is 5.97 Å². The maximum Gasteiger partial charge on any atom is 0.0758 e. The molecular formula is C9H19NO2. The van der Waals surface area contributed by atoms with E-state index in [1.165, 1.54) is 19.3 Å². The van der Waals surface area contributed by atoms with Crippen molar-refractivity contribution in [1.82, 2.24) is 0 Å². The first kappa shape index (κ1) is 11.4. The number of carboxylic acids is 1. The third-order valence-corrected chi connectivity index (χ3v) is 1.80. The monoisotopic (exact) mass is 173 g/mol. The summed E-state index contributed by atoms with van der Waals surface area (Å²) in [6.07, 6.45) is 4.68. The third kappa shape index (κ3) is 9.43. The van der Waals surface area contributed by atoms with Crippen LogP contribution in [0.5, 0.6) is 0 Å². The van der Waals surface area contributed by atoms with Crippen LogP contribution in [-0.2, 0) is 4.79 Å². The van der Waals surface area contributed by atoms with Crippen LogP contribution in [0.25, 0.3) is 0 Å². The molecule has 0 aromatic carbocycles. The smallest absolute Gasteiger partial charge is 0.0758 e. The van der Waals surface area contributed by atoms with E-state index in [0.717, 1.165) is 19.5 Å². The van der Waals surface area contributed by atoms with Gasteiger partial charge in [-0.2, -0.15) is 0 Å². The molecule has 0 radical (unpaired) electrons. The second kappa shape index (κ2) is 8.53. The van der Waals surface area contributed by atoms with Crippen LogP contribution in [0.4, 0.5) is 0 Å². The minimum atomic E-state index is -0.933. The van der Waals surface area contributed by atoms with Gasteiger partial charge in [-0.25, -0.2) is 0 Å². The number of carbonyl (C=O) groups excluding carboxylic acids is 1. The number of carbonyl (C=O) groups is 1. The van der Waals surface area contributed by atoms with Crippen LogP contribution in [0.3, 0.4) is 0 Å². The molecule has 2 N–H and O–H groups in total. The Bertz CT molecular complexity index is 115. The minimum Gasteiger partial charge on any atom is -0.550 e. The lowest BCUT2D eigenvalue weighted by Crippen LogP contribution is -2.84. The lowest BCUT2D eigenvalue weighted by molar-refractivity contribution is -0.655. The summed E-state index contributed by atoms with van der Waals surface area (Å²) in [5.74, 6) is -0.933. The maximum absolute atomic E-state index is 10.0. The second-order valence-electron chi connectivity index (χ2n) is 3.05. The second-order valence-corrected chi connectivity index (χ2v) is 3.05. The zero-order valence-corrected chi connectivity index (χ0v) is 7.84. The fourth-order valence-electron chi connectivity index (χ4n) is 1.07. The van der Waals surface area contributed by atoms with Crippen molar-refractivity contribution in [2.24, 2.45) is 0 Å². The van der Waals surface area contributed by atoms with Crippen LogP contribution in [0.2, 0.25) is 0 Å². The Hall–Kier alpha value is -0.570. The van der Waals surface area contributed by atoms with E-state index in [4.69, 9.17) is 0 Å². The zero-order chi connectivity index (χ0) is 9.23. The van der Waals surface area contributed by atoms with Gasteiger partial charge in [0.2, 0.25) is 0 Å². The van der Waals surface area contributed by atoms with E-state index in [1.54, 1.807) is 0 Å². The van der Waals surface area contributed by atoms with E-state index >= 15 is 0 Å². The van der Waals surface area contributed by atoms with Crippen molar-refractivity contribution < 1.29 is 15.2 Å². The number of carboxylic acid groups (broad SMARTS) is 1. The molecule has 0 bridgehead atoms. The molecule has 0 saturated carbocycles. The number of quaternary nitrogens is 1. The lowest BCUT2D eigenvalue weighted by atomic mass is 10.2. The van der Waals surface area contributed by atoms with Gasteiger partial charge in [0, 0.05) is 12.4 Å². The van der Waals surface area contributed by atoms with Gasteiger partial charge in [0.05, 0.1) is 13.1 Å². The van der Waals surface area contributed by atoms with E-state index in [9.17, 15) is 9.90 Å². The molecule has 3 heteroatoms. The summed E-state index contributed by atoms with van der Waals surface area (Å²) in [5, 5.41) is 12.2. The van der Waals surface area contributed by atoms with E-state index in [1.807, 2.05) is 0 Å².